The highest BCUT2D eigenvalue weighted by molar-refractivity contribution is 5.75. The number of benzene rings is 1. The lowest BCUT2D eigenvalue weighted by atomic mass is 10.1. The van der Waals surface area contributed by atoms with Crippen LogP contribution in [-0.4, -0.2) is 27.3 Å². The summed E-state index contributed by atoms with van der Waals surface area (Å²) in [5.41, 5.74) is 2.73. The van der Waals surface area contributed by atoms with Crippen molar-refractivity contribution in [3.05, 3.63) is 53.3 Å². The van der Waals surface area contributed by atoms with E-state index in [0.29, 0.717) is 13.0 Å². The first-order chi connectivity index (χ1) is 10.1. The van der Waals surface area contributed by atoms with Crippen LogP contribution in [0, 0.1) is 13.8 Å². The van der Waals surface area contributed by atoms with Crippen LogP contribution in [0.15, 0.2) is 36.4 Å². The van der Waals surface area contributed by atoms with Crippen molar-refractivity contribution in [3.8, 4) is 0 Å². The molecule has 1 atom stereocenters. The van der Waals surface area contributed by atoms with Crippen molar-refractivity contribution in [2.45, 2.75) is 32.9 Å². The summed E-state index contributed by atoms with van der Waals surface area (Å²) in [6.07, 6.45) is -0.0625. The molecule has 0 aliphatic carbocycles. The minimum absolute atomic E-state index is 0.0959. The van der Waals surface area contributed by atoms with E-state index >= 15 is 0 Å². The number of aliphatic hydroxyl groups is 1. The Morgan fingerprint density at radius 3 is 2.67 bits per heavy atom. The maximum Gasteiger partial charge on any atom is 0.241 e. The Kier molecular flexibility index (Phi) is 5.11. The number of aliphatic hydroxyl groups excluding tert-OH is 1. The minimum atomic E-state index is -0.555. The second-order valence-corrected chi connectivity index (χ2v) is 5.15. The molecule has 0 bridgehead atoms. The molecule has 0 aliphatic heterocycles. The maximum absolute atomic E-state index is 11.8. The molecule has 2 rings (SSSR count). The maximum atomic E-state index is 11.8. The highest BCUT2D eigenvalue weighted by Gasteiger charge is 2.09. The summed E-state index contributed by atoms with van der Waals surface area (Å²) in [6.45, 7) is 4.47. The first-order valence-corrected chi connectivity index (χ1v) is 7.07. The number of hydrogen-bond acceptors (Lipinski definition) is 3. The molecule has 0 radical (unpaired) electrons. The summed E-state index contributed by atoms with van der Waals surface area (Å²) in [6, 6.07) is 11.4. The van der Waals surface area contributed by atoms with Gasteiger partial charge in [0.15, 0.2) is 0 Å². The fourth-order valence-corrected chi connectivity index (χ4v) is 2.22. The lowest BCUT2D eigenvalue weighted by molar-refractivity contribution is -0.121. The fraction of sp³-hybridized carbons (Fsp3) is 0.375. The molecule has 1 aromatic heterocycles. The van der Waals surface area contributed by atoms with Gasteiger partial charge in [-0.25, -0.2) is 0 Å². The number of carbonyl (C=O) groups is 1. The topological polar surface area (TPSA) is 67.2 Å². The quantitative estimate of drug-likeness (QED) is 0.850. The largest absolute Gasteiger partial charge is 0.388 e. The summed E-state index contributed by atoms with van der Waals surface area (Å²) in [4.78, 5) is 11.8. The van der Waals surface area contributed by atoms with E-state index in [4.69, 9.17) is 0 Å². The summed E-state index contributed by atoms with van der Waals surface area (Å²) in [5.74, 6) is -0.0959. The Morgan fingerprint density at radius 2 is 2.05 bits per heavy atom. The van der Waals surface area contributed by atoms with Crippen LogP contribution >= 0.6 is 0 Å². The number of nitrogens with one attached hydrogen (secondary N) is 1. The molecule has 0 unspecified atom stereocenters. The van der Waals surface area contributed by atoms with Gasteiger partial charge < -0.3 is 10.4 Å². The van der Waals surface area contributed by atoms with E-state index in [2.05, 4.69) is 10.4 Å². The van der Waals surface area contributed by atoms with Gasteiger partial charge in [0.2, 0.25) is 5.91 Å². The Morgan fingerprint density at radius 1 is 1.33 bits per heavy atom. The molecular formula is C16H21N3O2. The molecule has 5 heteroatoms. The summed E-state index contributed by atoms with van der Waals surface area (Å²) >= 11 is 0. The SMILES string of the molecule is Cc1cc(C)n(CC(=O)NCC[C@@H](O)c2ccccc2)n1. The monoisotopic (exact) mass is 287 g/mol. The van der Waals surface area contributed by atoms with E-state index in [1.807, 2.05) is 50.2 Å². The van der Waals surface area contributed by atoms with Gasteiger partial charge in [-0.1, -0.05) is 30.3 Å². The lowest BCUT2D eigenvalue weighted by Crippen LogP contribution is -2.30. The highest BCUT2D eigenvalue weighted by Crippen LogP contribution is 2.14. The van der Waals surface area contributed by atoms with Gasteiger partial charge in [0.1, 0.15) is 6.54 Å². The number of carbonyl (C=O) groups excluding carboxylic acids is 1. The van der Waals surface area contributed by atoms with Gasteiger partial charge in [0.25, 0.3) is 0 Å². The third-order valence-corrected chi connectivity index (χ3v) is 3.32. The van der Waals surface area contributed by atoms with E-state index < -0.39 is 6.10 Å². The van der Waals surface area contributed by atoms with E-state index in [0.717, 1.165) is 17.0 Å². The van der Waals surface area contributed by atoms with Gasteiger partial charge in [0.05, 0.1) is 11.8 Å². The van der Waals surface area contributed by atoms with Crippen molar-refractivity contribution in [1.82, 2.24) is 15.1 Å². The van der Waals surface area contributed by atoms with E-state index in [-0.39, 0.29) is 12.5 Å². The third kappa shape index (κ3) is 4.43. The number of aryl methyl sites for hydroxylation is 2. The molecule has 2 aromatic rings. The van der Waals surface area contributed by atoms with Crippen LogP contribution in [0.1, 0.15) is 29.5 Å². The average Bonchev–Trinajstić information content (AvgIpc) is 2.77. The number of rotatable bonds is 6. The Bertz CT molecular complexity index is 593. The zero-order chi connectivity index (χ0) is 15.2. The van der Waals surface area contributed by atoms with Crippen molar-refractivity contribution >= 4 is 5.91 Å². The van der Waals surface area contributed by atoms with E-state index in [9.17, 15) is 9.90 Å². The third-order valence-electron chi connectivity index (χ3n) is 3.32. The molecule has 1 heterocycles. The highest BCUT2D eigenvalue weighted by atomic mass is 16.3. The molecule has 1 amide bonds. The number of aromatic nitrogens is 2. The van der Waals surface area contributed by atoms with Crippen LogP contribution in [0.25, 0.3) is 0 Å². The second-order valence-electron chi connectivity index (χ2n) is 5.15. The predicted molar refractivity (Wildman–Crippen MR) is 80.7 cm³/mol. The predicted octanol–water partition coefficient (Wildman–Crippen LogP) is 1.74. The van der Waals surface area contributed by atoms with Gasteiger partial charge in [-0.3, -0.25) is 9.48 Å². The van der Waals surface area contributed by atoms with Crippen molar-refractivity contribution in [2.24, 2.45) is 0 Å². The number of hydrogen-bond donors (Lipinski definition) is 2. The van der Waals surface area contributed by atoms with Crippen LogP contribution in [0.5, 0.6) is 0 Å². The molecule has 1 aromatic carbocycles. The van der Waals surface area contributed by atoms with Crippen molar-refractivity contribution < 1.29 is 9.90 Å². The molecule has 21 heavy (non-hydrogen) atoms. The zero-order valence-corrected chi connectivity index (χ0v) is 12.4. The number of amides is 1. The van der Waals surface area contributed by atoms with Crippen LogP contribution in [0.4, 0.5) is 0 Å². The van der Waals surface area contributed by atoms with E-state index in [1.165, 1.54) is 0 Å². The lowest BCUT2D eigenvalue weighted by Gasteiger charge is -2.12. The normalized spacial score (nSPS) is 12.1. The van der Waals surface area contributed by atoms with Gasteiger partial charge in [0, 0.05) is 12.2 Å². The van der Waals surface area contributed by atoms with Crippen LogP contribution in [0.2, 0.25) is 0 Å². The summed E-state index contributed by atoms with van der Waals surface area (Å²) in [5, 5.41) is 17.1. The van der Waals surface area contributed by atoms with Crippen molar-refractivity contribution in [2.75, 3.05) is 6.54 Å². The zero-order valence-electron chi connectivity index (χ0n) is 12.4. The molecule has 0 spiro atoms. The molecule has 2 N–H and O–H groups in total. The summed E-state index contributed by atoms with van der Waals surface area (Å²) < 4.78 is 1.68. The summed E-state index contributed by atoms with van der Waals surface area (Å²) in [7, 11) is 0. The fourth-order valence-electron chi connectivity index (χ4n) is 2.22. The van der Waals surface area contributed by atoms with Crippen molar-refractivity contribution in [3.63, 3.8) is 0 Å². The van der Waals surface area contributed by atoms with Crippen LogP contribution in [0.3, 0.4) is 0 Å². The van der Waals surface area contributed by atoms with Gasteiger partial charge in [-0.15, -0.1) is 0 Å². The van der Waals surface area contributed by atoms with Gasteiger partial charge in [-0.05, 0) is 31.9 Å². The van der Waals surface area contributed by atoms with Gasteiger partial charge in [-0.2, -0.15) is 5.10 Å². The van der Waals surface area contributed by atoms with E-state index in [1.54, 1.807) is 4.68 Å². The smallest absolute Gasteiger partial charge is 0.241 e. The number of nitrogens with zero attached hydrogens (tertiary/aromatic N) is 2. The van der Waals surface area contributed by atoms with Crippen LogP contribution in [-0.2, 0) is 11.3 Å². The standard InChI is InChI=1S/C16H21N3O2/c1-12-10-13(2)19(18-12)11-16(21)17-9-8-15(20)14-6-4-3-5-7-14/h3-7,10,15,20H,8-9,11H2,1-2H3,(H,17,21)/t15-/m1/s1. The Hall–Kier alpha value is -2.14. The molecule has 0 saturated heterocycles. The molecule has 0 saturated carbocycles. The minimum Gasteiger partial charge on any atom is -0.388 e. The molecule has 0 fully saturated rings. The first-order valence-electron chi connectivity index (χ1n) is 7.07. The molecule has 112 valence electrons. The Labute approximate surface area is 124 Å². The molecule has 0 aliphatic rings. The van der Waals surface area contributed by atoms with Crippen molar-refractivity contribution in [1.29, 1.82) is 0 Å². The molecule has 5 nitrogen and oxygen atoms in total. The second kappa shape index (κ2) is 7.04. The van der Waals surface area contributed by atoms with Gasteiger partial charge >= 0.3 is 0 Å². The first kappa shape index (κ1) is 15.3. The van der Waals surface area contributed by atoms with Crippen LogP contribution < -0.4 is 5.32 Å². The molecular weight excluding hydrogens is 266 g/mol. The Balaban J connectivity index is 1.76. The average molecular weight is 287 g/mol.